The van der Waals surface area contributed by atoms with Crippen molar-refractivity contribution >= 4 is 17.2 Å². The van der Waals surface area contributed by atoms with Gasteiger partial charge in [-0.15, -0.1) is 11.3 Å². The smallest absolute Gasteiger partial charge is 0.271 e. The van der Waals surface area contributed by atoms with E-state index in [4.69, 9.17) is 0 Å². The lowest BCUT2D eigenvalue weighted by Crippen LogP contribution is -2.22. The van der Waals surface area contributed by atoms with E-state index >= 15 is 0 Å². The topological polar surface area (TPSA) is 59.8 Å². The number of thiazole rings is 1. The number of carbonyl (C=O) groups excluding carboxylic acids is 1. The molecular formula is C15H14N4OS. The molecule has 0 unspecified atom stereocenters. The lowest BCUT2D eigenvalue weighted by Gasteiger charge is -2.01. The van der Waals surface area contributed by atoms with Gasteiger partial charge >= 0.3 is 0 Å². The Balaban J connectivity index is 1.64. The van der Waals surface area contributed by atoms with Crippen LogP contribution in [0.2, 0.25) is 0 Å². The summed E-state index contributed by atoms with van der Waals surface area (Å²) in [5.41, 5.74) is 2.40. The molecule has 3 rings (SSSR count). The summed E-state index contributed by atoms with van der Waals surface area (Å²) in [6.45, 7) is 2.31. The molecule has 5 nitrogen and oxygen atoms in total. The van der Waals surface area contributed by atoms with Crippen molar-refractivity contribution in [1.29, 1.82) is 0 Å². The SMILES string of the molecule is Cc1nc(C(=O)NCc2cnn(-c3ccccc3)c2)cs1. The van der Waals surface area contributed by atoms with Crippen LogP contribution in [0.3, 0.4) is 0 Å². The molecule has 0 bridgehead atoms. The van der Waals surface area contributed by atoms with Gasteiger partial charge in [0.05, 0.1) is 16.9 Å². The number of benzene rings is 1. The van der Waals surface area contributed by atoms with Crippen LogP contribution in [-0.4, -0.2) is 20.7 Å². The van der Waals surface area contributed by atoms with E-state index in [1.54, 1.807) is 16.3 Å². The predicted octanol–water partition coefficient (Wildman–Crippen LogP) is 2.57. The second-order valence-electron chi connectivity index (χ2n) is 4.56. The molecule has 0 saturated carbocycles. The van der Waals surface area contributed by atoms with Crippen LogP contribution in [0.5, 0.6) is 0 Å². The Bertz CT molecular complexity index is 748. The van der Waals surface area contributed by atoms with E-state index in [1.807, 2.05) is 43.5 Å². The summed E-state index contributed by atoms with van der Waals surface area (Å²) in [7, 11) is 0. The number of aryl methyl sites for hydroxylation is 1. The quantitative estimate of drug-likeness (QED) is 0.805. The summed E-state index contributed by atoms with van der Waals surface area (Å²) in [4.78, 5) is 16.1. The second-order valence-corrected chi connectivity index (χ2v) is 5.63. The monoisotopic (exact) mass is 298 g/mol. The highest BCUT2D eigenvalue weighted by molar-refractivity contribution is 7.09. The third-order valence-electron chi connectivity index (χ3n) is 2.96. The normalized spacial score (nSPS) is 10.5. The highest BCUT2D eigenvalue weighted by atomic mass is 32.1. The van der Waals surface area contributed by atoms with Crippen molar-refractivity contribution in [1.82, 2.24) is 20.1 Å². The van der Waals surface area contributed by atoms with E-state index in [1.165, 1.54) is 11.3 Å². The molecule has 21 heavy (non-hydrogen) atoms. The number of aromatic nitrogens is 3. The minimum Gasteiger partial charge on any atom is -0.346 e. The number of nitrogens with zero attached hydrogens (tertiary/aromatic N) is 3. The van der Waals surface area contributed by atoms with Crippen LogP contribution in [0, 0.1) is 6.92 Å². The van der Waals surface area contributed by atoms with Crippen molar-refractivity contribution in [3.8, 4) is 5.69 Å². The summed E-state index contributed by atoms with van der Waals surface area (Å²) in [6.07, 6.45) is 3.65. The van der Waals surface area contributed by atoms with Crippen LogP contribution < -0.4 is 5.32 Å². The largest absolute Gasteiger partial charge is 0.346 e. The zero-order valence-corrected chi connectivity index (χ0v) is 12.3. The Labute approximate surface area is 126 Å². The number of hydrogen-bond acceptors (Lipinski definition) is 4. The molecule has 6 heteroatoms. The maximum absolute atomic E-state index is 11.9. The van der Waals surface area contributed by atoms with Gasteiger partial charge in [0.25, 0.3) is 5.91 Å². The van der Waals surface area contributed by atoms with Gasteiger partial charge in [-0.1, -0.05) is 18.2 Å². The molecule has 0 fully saturated rings. The van der Waals surface area contributed by atoms with Crippen LogP contribution in [0.1, 0.15) is 21.1 Å². The van der Waals surface area contributed by atoms with Crippen molar-refractivity contribution < 1.29 is 4.79 Å². The van der Waals surface area contributed by atoms with Gasteiger partial charge in [0.15, 0.2) is 0 Å². The van der Waals surface area contributed by atoms with E-state index in [-0.39, 0.29) is 5.91 Å². The lowest BCUT2D eigenvalue weighted by atomic mass is 10.3. The zero-order valence-electron chi connectivity index (χ0n) is 11.5. The zero-order chi connectivity index (χ0) is 14.7. The van der Waals surface area contributed by atoms with Crippen molar-refractivity contribution in [2.45, 2.75) is 13.5 Å². The van der Waals surface area contributed by atoms with Gasteiger partial charge in [-0.25, -0.2) is 9.67 Å². The van der Waals surface area contributed by atoms with Gasteiger partial charge in [0.1, 0.15) is 5.69 Å². The van der Waals surface area contributed by atoms with Gasteiger partial charge in [0.2, 0.25) is 0 Å². The Morgan fingerprint density at radius 3 is 2.86 bits per heavy atom. The number of hydrogen-bond donors (Lipinski definition) is 1. The maximum Gasteiger partial charge on any atom is 0.271 e. The number of para-hydroxylation sites is 1. The van der Waals surface area contributed by atoms with Crippen molar-refractivity contribution in [3.05, 3.63) is 64.4 Å². The summed E-state index contributed by atoms with van der Waals surface area (Å²) < 4.78 is 1.79. The van der Waals surface area contributed by atoms with Crippen LogP contribution in [0.25, 0.3) is 5.69 Å². The minimum absolute atomic E-state index is 0.160. The highest BCUT2D eigenvalue weighted by Crippen LogP contribution is 2.09. The predicted molar refractivity (Wildman–Crippen MR) is 81.6 cm³/mol. The molecule has 0 atom stereocenters. The first-order valence-corrected chi connectivity index (χ1v) is 7.39. The molecule has 0 saturated heterocycles. The average Bonchev–Trinajstić information content (AvgIpc) is 3.15. The van der Waals surface area contributed by atoms with E-state index in [2.05, 4.69) is 15.4 Å². The summed E-state index contributed by atoms with van der Waals surface area (Å²) >= 11 is 1.47. The minimum atomic E-state index is -0.160. The summed E-state index contributed by atoms with van der Waals surface area (Å²) in [5, 5.41) is 9.79. The lowest BCUT2D eigenvalue weighted by molar-refractivity contribution is 0.0946. The molecule has 2 heterocycles. The number of nitrogens with one attached hydrogen (secondary N) is 1. The van der Waals surface area contributed by atoms with Gasteiger partial charge in [-0.05, 0) is 19.1 Å². The summed E-state index contributed by atoms with van der Waals surface area (Å²) in [6, 6.07) is 9.84. The fourth-order valence-electron chi connectivity index (χ4n) is 1.91. The Morgan fingerprint density at radius 1 is 1.33 bits per heavy atom. The van der Waals surface area contributed by atoms with E-state index in [9.17, 15) is 4.79 Å². The molecule has 0 aliphatic carbocycles. The first-order chi connectivity index (χ1) is 10.2. The molecule has 1 N–H and O–H groups in total. The molecule has 0 aliphatic rings. The molecular weight excluding hydrogens is 284 g/mol. The number of amides is 1. The average molecular weight is 298 g/mol. The van der Waals surface area contributed by atoms with Crippen molar-refractivity contribution in [2.75, 3.05) is 0 Å². The Hall–Kier alpha value is -2.47. The molecule has 3 aromatic rings. The van der Waals surface area contributed by atoms with E-state index < -0.39 is 0 Å². The van der Waals surface area contributed by atoms with Gasteiger partial charge in [-0.2, -0.15) is 5.10 Å². The molecule has 0 aliphatic heterocycles. The van der Waals surface area contributed by atoms with E-state index in [0.717, 1.165) is 16.3 Å². The Kier molecular flexibility index (Phi) is 3.79. The van der Waals surface area contributed by atoms with Crippen molar-refractivity contribution in [3.63, 3.8) is 0 Å². The number of rotatable bonds is 4. The third-order valence-corrected chi connectivity index (χ3v) is 3.74. The molecule has 2 aromatic heterocycles. The molecule has 0 spiro atoms. The van der Waals surface area contributed by atoms with Crippen LogP contribution >= 0.6 is 11.3 Å². The molecule has 0 radical (unpaired) electrons. The van der Waals surface area contributed by atoms with Crippen LogP contribution in [0.15, 0.2) is 48.1 Å². The van der Waals surface area contributed by atoms with Crippen LogP contribution in [0.4, 0.5) is 0 Å². The second kappa shape index (κ2) is 5.88. The van der Waals surface area contributed by atoms with E-state index in [0.29, 0.717) is 12.2 Å². The van der Waals surface area contributed by atoms with Gasteiger partial charge < -0.3 is 5.32 Å². The van der Waals surface area contributed by atoms with Gasteiger partial charge in [-0.3, -0.25) is 4.79 Å². The third kappa shape index (κ3) is 3.17. The molecule has 1 aromatic carbocycles. The maximum atomic E-state index is 11.9. The summed E-state index contributed by atoms with van der Waals surface area (Å²) in [5.74, 6) is -0.160. The standard InChI is InChI=1S/C15H14N4OS/c1-11-18-14(10-21-11)15(20)16-7-12-8-17-19(9-12)13-5-3-2-4-6-13/h2-6,8-10H,7H2,1H3,(H,16,20). The molecule has 1 amide bonds. The fourth-order valence-corrected chi connectivity index (χ4v) is 2.51. The van der Waals surface area contributed by atoms with Crippen LogP contribution in [-0.2, 0) is 6.54 Å². The van der Waals surface area contributed by atoms with Crippen molar-refractivity contribution in [2.24, 2.45) is 0 Å². The first kappa shape index (κ1) is 13.5. The van der Waals surface area contributed by atoms with Gasteiger partial charge in [0, 0.05) is 23.7 Å². The fraction of sp³-hybridized carbons (Fsp3) is 0.133. The Morgan fingerprint density at radius 2 is 2.14 bits per heavy atom. The number of carbonyl (C=O) groups is 1. The highest BCUT2D eigenvalue weighted by Gasteiger charge is 2.09. The molecule has 106 valence electrons. The first-order valence-electron chi connectivity index (χ1n) is 6.51.